The molecule has 0 bridgehead atoms. The number of ether oxygens (including phenoxy) is 1. The Balaban J connectivity index is 1.92. The van der Waals surface area contributed by atoms with E-state index in [1.54, 1.807) is 12.4 Å². The van der Waals surface area contributed by atoms with Crippen LogP contribution in [0.2, 0.25) is 0 Å². The van der Waals surface area contributed by atoms with Crippen molar-refractivity contribution in [2.75, 3.05) is 0 Å². The lowest BCUT2D eigenvalue weighted by Gasteiger charge is -2.09. The van der Waals surface area contributed by atoms with Gasteiger partial charge in [-0.25, -0.2) is 4.98 Å². The Morgan fingerprint density at radius 3 is 2.65 bits per heavy atom. The number of hydrogen-bond acceptors (Lipinski definition) is 4. The molecule has 0 spiro atoms. The van der Waals surface area contributed by atoms with Crippen LogP contribution in [0.25, 0.3) is 0 Å². The van der Waals surface area contributed by atoms with E-state index >= 15 is 0 Å². The average Bonchev–Trinajstić information content (AvgIpc) is 2.45. The van der Waals surface area contributed by atoms with Gasteiger partial charge in [0, 0.05) is 23.3 Å². The van der Waals surface area contributed by atoms with Crippen LogP contribution in [0.15, 0.2) is 41.1 Å². The zero-order valence-electron chi connectivity index (χ0n) is 11.6. The average molecular weight is 336 g/mol. The molecule has 2 rings (SSSR count). The van der Waals surface area contributed by atoms with Crippen molar-refractivity contribution in [3.05, 3.63) is 52.4 Å². The molecule has 0 aliphatic heterocycles. The molecular weight excluding hydrogens is 318 g/mol. The molecule has 5 heteroatoms. The summed E-state index contributed by atoms with van der Waals surface area (Å²) in [5.41, 5.74) is 1.98. The number of aromatic nitrogens is 2. The van der Waals surface area contributed by atoms with Gasteiger partial charge in [0.05, 0.1) is 11.9 Å². The van der Waals surface area contributed by atoms with Crippen molar-refractivity contribution in [2.45, 2.75) is 33.0 Å². The van der Waals surface area contributed by atoms with Gasteiger partial charge in [0.15, 0.2) is 0 Å². The van der Waals surface area contributed by atoms with Crippen molar-refractivity contribution in [2.24, 2.45) is 0 Å². The SMILES string of the molecule is CC(C)NCc1cncc(OCc2ccc(Br)cc2)n1. The van der Waals surface area contributed by atoms with Gasteiger partial charge in [-0.15, -0.1) is 0 Å². The summed E-state index contributed by atoms with van der Waals surface area (Å²) in [4.78, 5) is 8.57. The molecule has 0 amide bonds. The Kier molecular flexibility index (Phi) is 5.49. The predicted molar refractivity (Wildman–Crippen MR) is 82.5 cm³/mol. The standard InChI is InChI=1S/C15H18BrN3O/c1-11(2)18-8-14-7-17-9-15(19-14)20-10-12-3-5-13(16)6-4-12/h3-7,9,11,18H,8,10H2,1-2H3. The second-order valence-electron chi connectivity index (χ2n) is 4.80. The molecule has 0 saturated heterocycles. The van der Waals surface area contributed by atoms with Gasteiger partial charge in [-0.3, -0.25) is 4.98 Å². The maximum absolute atomic E-state index is 5.66. The molecular formula is C15H18BrN3O. The van der Waals surface area contributed by atoms with Crippen molar-refractivity contribution in [3.63, 3.8) is 0 Å². The number of hydrogen-bond donors (Lipinski definition) is 1. The monoisotopic (exact) mass is 335 g/mol. The first-order valence-corrected chi connectivity index (χ1v) is 7.34. The molecule has 106 valence electrons. The van der Waals surface area contributed by atoms with Gasteiger partial charge in [-0.05, 0) is 17.7 Å². The summed E-state index contributed by atoms with van der Waals surface area (Å²) < 4.78 is 6.72. The summed E-state index contributed by atoms with van der Waals surface area (Å²) in [7, 11) is 0. The molecule has 0 atom stereocenters. The molecule has 1 heterocycles. The molecule has 0 fully saturated rings. The highest BCUT2D eigenvalue weighted by molar-refractivity contribution is 9.10. The number of halogens is 1. The minimum Gasteiger partial charge on any atom is -0.472 e. The second kappa shape index (κ2) is 7.36. The molecule has 0 unspecified atom stereocenters. The summed E-state index contributed by atoms with van der Waals surface area (Å²) in [6, 6.07) is 8.44. The van der Waals surface area contributed by atoms with E-state index in [1.807, 2.05) is 24.3 Å². The number of benzene rings is 1. The fraction of sp³-hybridized carbons (Fsp3) is 0.333. The van der Waals surface area contributed by atoms with Gasteiger partial charge in [0.2, 0.25) is 5.88 Å². The highest BCUT2D eigenvalue weighted by atomic mass is 79.9. The second-order valence-corrected chi connectivity index (χ2v) is 5.72. The van der Waals surface area contributed by atoms with Gasteiger partial charge >= 0.3 is 0 Å². The normalized spacial score (nSPS) is 10.8. The maximum Gasteiger partial charge on any atom is 0.232 e. The lowest BCUT2D eigenvalue weighted by Crippen LogP contribution is -2.22. The van der Waals surface area contributed by atoms with E-state index in [0.717, 1.165) is 15.7 Å². The zero-order chi connectivity index (χ0) is 14.4. The van der Waals surface area contributed by atoms with Crippen molar-refractivity contribution in [3.8, 4) is 5.88 Å². The molecule has 1 N–H and O–H groups in total. The topological polar surface area (TPSA) is 47.0 Å². The van der Waals surface area contributed by atoms with Gasteiger partial charge in [-0.1, -0.05) is 41.9 Å². The summed E-state index contributed by atoms with van der Waals surface area (Å²) in [6.07, 6.45) is 3.39. The van der Waals surface area contributed by atoms with Gasteiger partial charge in [-0.2, -0.15) is 0 Å². The highest BCUT2D eigenvalue weighted by Gasteiger charge is 2.02. The van der Waals surface area contributed by atoms with Crippen molar-refractivity contribution < 1.29 is 4.74 Å². The van der Waals surface area contributed by atoms with Gasteiger partial charge in [0.1, 0.15) is 6.61 Å². The third-order valence-electron chi connectivity index (χ3n) is 2.65. The van der Waals surface area contributed by atoms with Crippen LogP contribution in [0.5, 0.6) is 5.88 Å². The summed E-state index contributed by atoms with van der Waals surface area (Å²) >= 11 is 3.41. The first kappa shape index (κ1) is 14.9. The predicted octanol–water partition coefficient (Wildman–Crippen LogP) is 3.32. The molecule has 2 aromatic rings. The van der Waals surface area contributed by atoms with Gasteiger partial charge in [0.25, 0.3) is 0 Å². The Hall–Kier alpha value is -1.46. The van der Waals surface area contributed by atoms with Crippen LogP contribution in [0, 0.1) is 0 Å². The molecule has 0 radical (unpaired) electrons. The first-order valence-electron chi connectivity index (χ1n) is 6.55. The van der Waals surface area contributed by atoms with Crippen molar-refractivity contribution in [1.29, 1.82) is 0 Å². The van der Waals surface area contributed by atoms with E-state index in [9.17, 15) is 0 Å². The summed E-state index contributed by atoms with van der Waals surface area (Å²) in [6.45, 7) is 5.38. The third kappa shape index (κ3) is 4.90. The van der Waals surface area contributed by atoms with Crippen LogP contribution >= 0.6 is 15.9 Å². The van der Waals surface area contributed by atoms with E-state index in [0.29, 0.717) is 25.1 Å². The number of nitrogens with zero attached hydrogens (tertiary/aromatic N) is 2. The Morgan fingerprint density at radius 2 is 1.95 bits per heavy atom. The molecule has 4 nitrogen and oxygen atoms in total. The fourth-order valence-electron chi connectivity index (χ4n) is 1.59. The fourth-order valence-corrected chi connectivity index (χ4v) is 1.85. The lowest BCUT2D eigenvalue weighted by atomic mass is 10.2. The van der Waals surface area contributed by atoms with E-state index in [1.165, 1.54) is 0 Å². The van der Waals surface area contributed by atoms with E-state index in [4.69, 9.17) is 4.74 Å². The Labute approximate surface area is 127 Å². The Bertz CT molecular complexity index is 543. The van der Waals surface area contributed by atoms with E-state index < -0.39 is 0 Å². The number of nitrogens with one attached hydrogen (secondary N) is 1. The van der Waals surface area contributed by atoms with Crippen LogP contribution in [-0.2, 0) is 13.2 Å². The van der Waals surface area contributed by atoms with Crippen LogP contribution in [-0.4, -0.2) is 16.0 Å². The molecule has 1 aromatic carbocycles. The minimum atomic E-state index is 0.420. The minimum absolute atomic E-state index is 0.420. The van der Waals surface area contributed by atoms with Crippen LogP contribution in [0.3, 0.4) is 0 Å². The van der Waals surface area contributed by atoms with Crippen LogP contribution < -0.4 is 10.1 Å². The maximum atomic E-state index is 5.66. The van der Waals surface area contributed by atoms with Crippen LogP contribution in [0.1, 0.15) is 25.1 Å². The van der Waals surface area contributed by atoms with Crippen molar-refractivity contribution in [1.82, 2.24) is 15.3 Å². The molecule has 0 saturated carbocycles. The van der Waals surface area contributed by atoms with Crippen LogP contribution in [0.4, 0.5) is 0 Å². The smallest absolute Gasteiger partial charge is 0.232 e. The molecule has 0 aliphatic carbocycles. The molecule has 1 aromatic heterocycles. The highest BCUT2D eigenvalue weighted by Crippen LogP contribution is 2.13. The van der Waals surface area contributed by atoms with E-state index in [2.05, 4.69) is 45.1 Å². The largest absolute Gasteiger partial charge is 0.472 e. The first-order chi connectivity index (χ1) is 9.63. The number of rotatable bonds is 6. The quantitative estimate of drug-likeness (QED) is 0.879. The Morgan fingerprint density at radius 1 is 1.20 bits per heavy atom. The molecule has 20 heavy (non-hydrogen) atoms. The summed E-state index contributed by atoms with van der Waals surface area (Å²) in [5, 5.41) is 3.31. The van der Waals surface area contributed by atoms with Crippen molar-refractivity contribution >= 4 is 15.9 Å². The van der Waals surface area contributed by atoms with E-state index in [-0.39, 0.29) is 0 Å². The zero-order valence-corrected chi connectivity index (χ0v) is 13.2. The lowest BCUT2D eigenvalue weighted by molar-refractivity contribution is 0.291. The molecule has 0 aliphatic rings. The summed E-state index contributed by atoms with van der Waals surface area (Å²) in [5.74, 6) is 0.552. The third-order valence-corrected chi connectivity index (χ3v) is 3.18. The van der Waals surface area contributed by atoms with Gasteiger partial charge < -0.3 is 10.1 Å².